The van der Waals surface area contributed by atoms with Gasteiger partial charge in [0.05, 0.1) is 19.8 Å². The van der Waals surface area contributed by atoms with E-state index in [1.165, 1.54) is 19.2 Å². The number of halogens is 1. The van der Waals surface area contributed by atoms with E-state index in [0.717, 1.165) is 0 Å². The van der Waals surface area contributed by atoms with Crippen LogP contribution in [0.15, 0.2) is 24.3 Å². The van der Waals surface area contributed by atoms with Gasteiger partial charge in [-0.05, 0) is 38.5 Å². The average molecular weight is 366 g/mol. The van der Waals surface area contributed by atoms with Crippen LogP contribution in [0, 0.1) is 5.82 Å². The molecule has 0 aromatic heterocycles. The molecule has 1 saturated heterocycles. The van der Waals surface area contributed by atoms with E-state index < -0.39 is 23.7 Å². The van der Waals surface area contributed by atoms with E-state index in [-0.39, 0.29) is 37.8 Å². The van der Waals surface area contributed by atoms with Crippen molar-refractivity contribution in [3.8, 4) is 0 Å². The zero-order valence-corrected chi connectivity index (χ0v) is 15.7. The molecule has 2 rings (SSSR count). The Hall–Kier alpha value is -1.99. The number of likely N-dealkylation sites (tertiary alicyclic amines) is 1. The maximum absolute atomic E-state index is 13.5. The molecule has 0 aliphatic carbocycles. The maximum atomic E-state index is 13.5. The van der Waals surface area contributed by atoms with E-state index in [1.807, 2.05) is 20.8 Å². The average Bonchev–Trinajstić information content (AvgIpc) is 2.91. The topological polar surface area (TPSA) is 70.1 Å². The van der Waals surface area contributed by atoms with E-state index in [9.17, 15) is 19.1 Å². The number of ether oxygens (including phenoxy) is 1. The van der Waals surface area contributed by atoms with Gasteiger partial charge in [0.25, 0.3) is 0 Å². The summed E-state index contributed by atoms with van der Waals surface area (Å²) in [6, 6.07) is 5.52. The molecule has 1 heterocycles. The second-order valence-corrected chi connectivity index (χ2v) is 7.64. The van der Waals surface area contributed by atoms with Crippen molar-refractivity contribution in [2.45, 2.75) is 51.4 Å². The fourth-order valence-electron chi connectivity index (χ4n) is 3.21. The second kappa shape index (κ2) is 8.14. The number of hydrogen-bond acceptors (Lipinski definition) is 5. The third kappa shape index (κ3) is 5.02. The highest BCUT2D eigenvalue weighted by Crippen LogP contribution is 2.22. The predicted molar refractivity (Wildman–Crippen MR) is 94.7 cm³/mol. The van der Waals surface area contributed by atoms with Crippen LogP contribution in [-0.4, -0.2) is 64.7 Å². The molecule has 1 aromatic rings. The molecule has 26 heavy (non-hydrogen) atoms. The summed E-state index contributed by atoms with van der Waals surface area (Å²) in [5, 5.41) is 9.88. The van der Waals surface area contributed by atoms with Crippen molar-refractivity contribution < 1.29 is 23.8 Å². The van der Waals surface area contributed by atoms with Crippen molar-refractivity contribution in [1.82, 2.24) is 9.80 Å². The Balaban J connectivity index is 2.15. The molecule has 0 bridgehead atoms. The number of carbonyl (C=O) groups excluding carboxylic acids is 2. The Morgan fingerprint density at radius 3 is 2.65 bits per heavy atom. The number of aliphatic hydroxyl groups excluding tert-OH is 1. The van der Waals surface area contributed by atoms with Gasteiger partial charge in [-0.25, -0.2) is 4.39 Å². The van der Waals surface area contributed by atoms with Gasteiger partial charge in [0, 0.05) is 25.0 Å². The number of esters is 1. The maximum Gasteiger partial charge on any atom is 0.323 e. The third-order valence-corrected chi connectivity index (χ3v) is 4.53. The molecule has 1 fully saturated rings. The molecule has 144 valence electrons. The normalized spacial score (nSPS) is 20.8. The van der Waals surface area contributed by atoms with Crippen LogP contribution in [0.25, 0.3) is 0 Å². The predicted octanol–water partition coefficient (Wildman–Crippen LogP) is 1.56. The van der Waals surface area contributed by atoms with Gasteiger partial charge in [-0.15, -0.1) is 0 Å². The molecule has 7 heteroatoms. The van der Waals surface area contributed by atoms with Gasteiger partial charge >= 0.3 is 5.97 Å². The molecule has 0 saturated carbocycles. The minimum absolute atomic E-state index is 0.0105. The van der Waals surface area contributed by atoms with Crippen LogP contribution in [0.1, 0.15) is 32.8 Å². The molecule has 1 amide bonds. The van der Waals surface area contributed by atoms with E-state index in [2.05, 4.69) is 0 Å². The summed E-state index contributed by atoms with van der Waals surface area (Å²) in [4.78, 5) is 28.2. The number of carbonyl (C=O) groups is 2. The largest absolute Gasteiger partial charge is 0.468 e. The van der Waals surface area contributed by atoms with Crippen LogP contribution in [0.3, 0.4) is 0 Å². The molecule has 0 spiro atoms. The summed E-state index contributed by atoms with van der Waals surface area (Å²) in [6.45, 7) is 6.20. The van der Waals surface area contributed by atoms with Crippen LogP contribution in [0.4, 0.5) is 4.39 Å². The van der Waals surface area contributed by atoms with Gasteiger partial charge in [0.1, 0.15) is 11.9 Å². The Labute approximate surface area is 153 Å². The van der Waals surface area contributed by atoms with Crippen LogP contribution in [-0.2, 0) is 20.9 Å². The lowest BCUT2D eigenvalue weighted by Crippen LogP contribution is -2.51. The lowest BCUT2D eigenvalue weighted by atomic mass is 10.0. The lowest BCUT2D eigenvalue weighted by Gasteiger charge is -2.37. The minimum atomic E-state index is -0.668. The molecular weight excluding hydrogens is 339 g/mol. The van der Waals surface area contributed by atoms with Crippen molar-refractivity contribution in [3.63, 3.8) is 0 Å². The van der Waals surface area contributed by atoms with Gasteiger partial charge in [-0.2, -0.15) is 0 Å². The number of aliphatic hydroxyl groups is 1. The molecule has 1 N–H and O–H groups in total. The lowest BCUT2D eigenvalue weighted by molar-refractivity contribution is -0.147. The number of amides is 1. The molecule has 1 aliphatic rings. The van der Waals surface area contributed by atoms with Crippen LogP contribution in [0.5, 0.6) is 0 Å². The van der Waals surface area contributed by atoms with Crippen LogP contribution >= 0.6 is 0 Å². The highest BCUT2D eigenvalue weighted by molar-refractivity contribution is 5.81. The van der Waals surface area contributed by atoms with Crippen LogP contribution in [0.2, 0.25) is 0 Å². The molecule has 0 unspecified atom stereocenters. The standard InChI is InChI=1S/C19H27FN2O4/c1-19(2,3)22(10-13-6-5-7-14(20)8-13)17(24)12-21-11-15(23)9-16(21)18(25)26-4/h5-8,15-16,23H,9-12H2,1-4H3/t15-,16+/m1/s1. The summed E-state index contributed by atoms with van der Waals surface area (Å²) in [5.41, 5.74) is 0.210. The third-order valence-electron chi connectivity index (χ3n) is 4.53. The molecule has 0 radical (unpaired) electrons. The second-order valence-electron chi connectivity index (χ2n) is 7.64. The first kappa shape index (κ1) is 20.3. The number of hydrogen-bond donors (Lipinski definition) is 1. The number of β-amino-alcohol motifs (C(OH)–C–C–N with tert-alkyl or cyclic N) is 1. The van der Waals surface area contributed by atoms with E-state index in [0.29, 0.717) is 5.56 Å². The zero-order valence-electron chi connectivity index (χ0n) is 15.7. The SMILES string of the molecule is COC(=O)[C@@H]1C[C@@H](O)CN1CC(=O)N(Cc1cccc(F)c1)C(C)(C)C. The van der Waals surface area contributed by atoms with Gasteiger partial charge in [0.2, 0.25) is 5.91 Å². The van der Waals surface area contributed by atoms with Crippen molar-refractivity contribution in [2.75, 3.05) is 20.2 Å². The van der Waals surface area contributed by atoms with Gasteiger partial charge in [0.15, 0.2) is 0 Å². The summed E-state index contributed by atoms with van der Waals surface area (Å²) in [7, 11) is 1.29. The van der Waals surface area contributed by atoms with Crippen molar-refractivity contribution in [3.05, 3.63) is 35.6 Å². The fourth-order valence-corrected chi connectivity index (χ4v) is 3.21. The molecule has 6 nitrogen and oxygen atoms in total. The summed E-state index contributed by atoms with van der Waals surface area (Å²) < 4.78 is 18.2. The van der Waals surface area contributed by atoms with E-state index >= 15 is 0 Å². The monoisotopic (exact) mass is 366 g/mol. The van der Waals surface area contributed by atoms with Gasteiger partial charge < -0.3 is 14.7 Å². The van der Waals surface area contributed by atoms with Crippen molar-refractivity contribution in [2.24, 2.45) is 0 Å². The summed E-state index contributed by atoms with van der Waals surface area (Å²) >= 11 is 0. The number of methoxy groups -OCH3 is 1. The fraction of sp³-hybridized carbons (Fsp3) is 0.579. The molecule has 1 aromatic carbocycles. The van der Waals surface area contributed by atoms with E-state index in [1.54, 1.807) is 21.9 Å². The van der Waals surface area contributed by atoms with Crippen molar-refractivity contribution in [1.29, 1.82) is 0 Å². The zero-order chi connectivity index (χ0) is 19.5. The van der Waals surface area contributed by atoms with Gasteiger partial charge in [-0.1, -0.05) is 12.1 Å². The van der Waals surface area contributed by atoms with Crippen LogP contribution < -0.4 is 0 Å². The number of nitrogens with zero attached hydrogens (tertiary/aromatic N) is 2. The quantitative estimate of drug-likeness (QED) is 0.801. The highest BCUT2D eigenvalue weighted by Gasteiger charge is 2.39. The number of rotatable bonds is 5. The molecule has 1 aliphatic heterocycles. The van der Waals surface area contributed by atoms with Gasteiger partial charge in [-0.3, -0.25) is 14.5 Å². The highest BCUT2D eigenvalue weighted by atomic mass is 19.1. The first-order valence-corrected chi connectivity index (χ1v) is 8.66. The molecule has 2 atom stereocenters. The minimum Gasteiger partial charge on any atom is -0.468 e. The Morgan fingerprint density at radius 2 is 2.08 bits per heavy atom. The first-order chi connectivity index (χ1) is 12.1. The van der Waals surface area contributed by atoms with E-state index in [4.69, 9.17) is 4.74 Å². The summed E-state index contributed by atoms with van der Waals surface area (Å²) in [6.07, 6.45) is -0.419. The Kier molecular flexibility index (Phi) is 6.36. The Morgan fingerprint density at radius 1 is 1.38 bits per heavy atom. The summed E-state index contributed by atoms with van der Waals surface area (Å²) in [5.74, 6) is -0.996. The van der Waals surface area contributed by atoms with Crippen molar-refractivity contribution >= 4 is 11.9 Å². The first-order valence-electron chi connectivity index (χ1n) is 8.66. The number of benzene rings is 1. The Bertz CT molecular complexity index is 659. The molecular formula is C19H27FN2O4. The smallest absolute Gasteiger partial charge is 0.323 e.